The van der Waals surface area contributed by atoms with Gasteiger partial charge in [-0.3, -0.25) is 4.98 Å². The number of imidazole rings is 1. The van der Waals surface area contributed by atoms with Crippen LogP contribution in [0.5, 0.6) is 5.75 Å². The van der Waals surface area contributed by atoms with Crippen LogP contribution < -0.4 is 10.4 Å². The maximum Gasteiger partial charge on any atom is 0.323 e. The average Bonchev–Trinajstić information content (AvgIpc) is 3.07. The zero-order valence-corrected chi connectivity index (χ0v) is 12.9. The smallest absolute Gasteiger partial charge is 0.323 e. The fourth-order valence-electron chi connectivity index (χ4n) is 2.95. The SMILES string of the molecule is COc1cc2c(cc1-c1c(C)noc1C)ncc1[nH]c(=O)[nH]c12. The predicted octanol–water partition coefficient (Wildman–Crippen LogP) is 2.68. The highest BCUT2D eigenvalue weighted by Gasteiger charge is 2.18. The van der Waals surface area contributed by atoms with Gasteiger partial charge >= 0.3 is 5.69 Å². The third-order valence-electron chi connectivity index (χ3n) is 3.98. The van der Waals surface area contributed by atoms with Crippen LogP contribution in [-0.4, -0.2) is 27.2 Å². The summed E-state index contributed by atoms with van der Waals surface area (Å²) in [5, 5.41) is 4.81. The van der Waals surface area contributed by atoms with Crippen molar-refractivity contribution in [2.75, 3.05) is 7.11 Å². The molecule has 4 aromatic rings. The Morgan fingerprint density at radius 1 is 1.22 bits per heavy atom. The van der Waals surface area contributed by atoms with E-state index in [9.17, 15) is 4.79 Å². The summed E-state index contributed by atoms with van der Waals surface area (Å²) in [6.45, 7) is 3.75. The minimum Gasteiger partial charge on any atom is -0.496 e. The van der Waals surface area contributed by atoms with Crippen LogP contribution in [0, 0.1) is 13.8 Å². The Hall–Kier alpha value is -3.09. The number of benzene rings is 1. The van der Waals surface area contributed by atoms with Crippen molar-refractivity contribution in [2.45, 2.75) is 13.8 Å². The topological polar surface area (TPSA) is 96.8 Å². The maximum atomic E-state index is 11.5. The normalized spacial score (nSPS) is 11.4. The number of aryl methyl sites for hydroxylation is 2. The van der Waals surface area contributed by atoms with Crippen LogP contribution in [0.4, 0.5) is 0 Å². The largest absolute Gasteiger partial charge is 0.496 e. The number of aromatic amines is 2. The van der Waals surface area contributed by atoms with Crippen molar-refractivity contribution < 1.29 is 9.26 Å². The number of nitrogens with zero attached hydrogens (tertiary/aromatic N) is 2. The van der Waals surface area contributed by atoms with E-state index >= 15 is 0 Å². The van der Waals surface area contributed by atoms with Gasteiger partial charge in [0.15, 0.2) is 0 Å². The number of fused-ring (bicyclic) bond motifs is 3. The standard InChI is InChI=1S/C16H14N4O3/c1-7-14(8(2)23-20-7)10-4-11-9(5-13(10)22-3)15-12(6-17-11)18-16(21)19-15/h4-6H,1-3H3,(H2,18,19,21). The molecule has 3 heterocycles. The van der Waals surface area contributed by atoms with Crippen molar-refractivity contribution in [3.05, 3.63) is 40.3 Å². The van der Waals surface area contributed by atoms with Gasteiger partial charge in [0.1, 0.15) is 11.5 Å². The number of aromatic nitrogens is 4. The Bertz CT molecular complexity index is 1080. The van der Waals surface area contributed by atoms with Gasteiger partial charge in [0.2, 0.25) is 0 Å². The molecule has 0 aliphatic heterocycles. The van der Waals surface area contributed by atoms with Crippen LogP contribution in [0.1, 0.15) is 11.5 Å². The van der Waals surface area contributed by atoms with Gasteiger partial charge in [-0.1, -0.05) is 5.16 Å². The number of hydrogen-bond acceptors (Lipinski definition) is 5. The first-order valence-corrected chi connectivity index (χ1v) is 7.10. The van der Waals surface area contributed by atoms with Crippen molar-refractivity contribution in [2.24, 2.45) is 0 Å². The molecule has 0 aliphatic carbocycles. The van der Waals surface area contributed by atoms with Crippen LogP contribution in [0.3, 0.4) is 0 Å². The fraction of sp³-hybridized carbons (Fsp3) is 0.188. The quantitative estimate of drug-likeness (QED) is 0.593. The zero-order valence-electron chi connectivity index (χ0n) is 12.9. The second kappa shape index (κ2) is 4.70. The van der Waals surface area contributed by atoms with Crippen LogP contribution in [0.15, 0.2) is 27.6 Å². The summed E-state index contributed by atoms with van der Waals surface area (Å²) < 4.78 is 10.8. The lowest BCUT2D eigenvalue weighted by molar-refractivity contribution is 0.393. The van der Waals surface area contributed by atoms with Gasteiger partial charge < -0.3 is 19.2 Å². The molecule has 0 unspecified atom stereocenters. The van der Waals surface area contributed by atoms with E-state index in [4.69, 9.17) is 9.26 Å². The molecule has 116 valence electrons. The Morgan fingerprint density at radius 2 is 2.04 bits per heavy atom. The monoisotopic (exact) mass is 310 g/mol. The summed E-state index contributed by atoms with van der Waals surface area (Å²) in [7, 11) is 1.61. The third kappa shape index (κ3) is 1.93. The van der Waals surface area contributed by atoms with Crippen LogP contribution in [0.2, 0.25) is 0 Å². The molecule has 23 heavy (non-hydrogen) atoms. The van der Waals surface area contributed by atoms with Crippen LogP contribution in [0.25, 0.3) is 33.1 Å². The third-order valence-corrected chi connectivity index (χ3v) is 3.98. The molecule has 0 aliphatic rings. The molecule has 7 nitrogen and oxygen atoms in total. The maximum absolute atomic E-state index is 11.5. The Labute approximate surface area is 130 Å². The lowest BCUT2D eigenvalue weighted by atomic mass is 10.0. The van der Waals surface area contributed by atoms with E-state index in [0.29, 0.717) is 16.8 Å². The van der Waals surface area contributed by atoms with Gasteiger partial charge in [0.05, 0.1) is 41.1 Å². The fourth-order valence-corrected chi connectivity index (χ4v) is 2.95. The number of H-pyrrole nitrogens is 2. The summed E-state index contributed by atoms with van der Waals surface area (Å²) in [4.78, 5) is 21.5. The molecule has 0 amide bonds. The molecule has 4 rings (SSSR count). The van der Waals surface area contributed by atoms with E-state index in [2.05, 4.69) is 20.1 Å². The molecule has 2 N–H and O–H groups in total. The van der Waals surface area contributed by atoms with Crippen LogP contribution in [-0.2, 0) is 0 Å². The summed E-state index contributed by atoms with van der Waals surface area (Å²) in [6.07, 6.45) is 1.64. The van der Waals surface area contributed by atoms with Gasteiger partial charge in [-0.05, 0) is 26.0 Å². The van der Waals surface area contributed by atoms with Gasteiger partial charge in [-0.25, -0.2) is 4.79 Å². The highest BCUT2D eigenvalue weighted by molar-refractivity contribution is 6.04. The average molecular weight is 310 g/mol. The Morgan fingerprint density at radius 3 is 2.74 bits per heavy atom. The minimum absolute atomic E-state index is 0.261. The number of pyridine rings is 1. The van der Waals surface area contributed by atoms with Gasteiger partial charge in [-0.2, -0.15) is 0 Å². The van der Waals surface area contributed by atoms with Crippen molar-refractivity contribution in [1.29, 1.82) is 0 Å². The summed E-state index contributed by atoms with van der Waals surface area (Å²) >= 11 is 0. The molecule has 0 fully saturated rings. The number of methoxy groups -OCH3 is 1. The number of nitrogens with one attached hydrogen (secondary N) is 2. The number of ether oxygens (including phenoxy) is 1. The van der Waals surface area contributed by atoms with Gasteiger partial charge in [0.25, 0.3) is 0 Å². The number of hydrogen-bond donors (Lipinski definition) is 2. The lowest BCUT2D eigenvalue weighted by Crippen LogP contribution is -1.99. The van der Waals surface area contributed by atoms with Crippen molar-refractivity contribution in [3.63, 3.8) is 0 Å². The summed E-state index contributed by atoms with van der Waals surface area (Å²) in [5.74, 6) is 1.39. The molecule has 0 bridgehead atoms. The Kier molecular flexibility index (Phi) is 2.77. The molecular weight excluding hydrogens is 296 g/mol. The zero-order chi connectivity index (χ0) is 16.1. The van der Waals surface area contributed by atoms with Crippen LogP contribution >= 0.6 is 0 Å². The highest BCUT2D eigenvalue weighted by Crippen LogP contribution is 2.38. The molecule has 0 saturated heterocycles. The second-order valence-corrected chi connectivity index (χ2v) is 5.39. The first kappa shape index (κ1) is 13.6. The number of rotatable bonds is 2. The molecule has 0 atom stereocenters. The molecular formula is C16H14N4O3. The molecule has 0 radical (unpaired) electrons. The molecule has 0 saturated carbocycles. The molecule has 3 aromatic heterocycles. The molecule has 7 heteroatoms. The van der Waals surface area contributed by atoms with Crippen molar-refractivity contribution >= 4 is 21.9 Å². The molecule has 1 aromatic carbocycles. The summed E-state index contributed by atoms with van der Waals surface area (Å²) in [5.41, 5.74) is 4.41. The second-order valence-electron chi connectivity index (χ2n) is 5.39. The lowest BCUT2D eigenvalue weighted by Gasteiger charge is -2.10. The van der Waals surface area contributed by atoms with Crippen molar-refractivity contribution in [3.8, 4) is 16.9 Å². The minimum atomic E-state index is -0.261. The first-order valence-electron chi connectivity index (χ1n) is 7.10. The van der Waals surface area contributed by atoms with E-state index in [0.717, 1.165) is 33.5 Å². The van der Waals surface area contributed by atoms with Gasteiger partial charge in [0, 0.05) is 10.9 Å². The van der Waals surface area contributed by atoms with Crippen molar-refractivity contribution in [1.82, 2.24) is 20.1 Å². The van der Waals surface area contributed by atoms with E-state index in [1.54, 1.807) is 13.3 Å². The van der Waals surface area contributed by atoms with E-state index in [1.807, 2.05) is 26.0 Å². The highest BCUT2D eigenvalue weighted by atomic mass is 16.5. The summed E-state index contributed by atoms with van der Waals surface area (Å²) in [6, 6.07) is 3.79. The molecule has 0 spiro atoms. The van der Waals surface area contributed by atoms with E-state index in [1.165, 1.54) is 0 Å². The van der Waals surface area contributed by atoms with E-state index < -0.39 is 0 Å². The van der Waals surface area contributed by atoms with Gasteiger partial charge in [-0.15, -0.1) is 0 Å². The predicted molar refractivity (Wildman–Crippen MR) is 85.7 cm³/mol. The van der Waals surface area contributed by atoms with E-state index in [-0.39, 0.29) is 5.69 Å². The Balaban J connectivity index is 2.10. The first-order chi connectivity index (χ1) is 11.1.